The van der Waals surface area contributed by atoms with Crippen LogP contribution in [0.4, 0.5) is 5.69 Å². The van der Waals surface area contributed by atoms with Crippen molar-refractivity contribution in [3.05, 3.63) is 41.2 Å². The van der Waals surface area contributed by atoms with Gasteiger partial charge in [-0.15, -0.1) is 0 Å². The van der Waals surface area contributed by atoms with Crippen LogP contribution in [0.15, 0.2) is 28.7 Å². The van der Waals surface area contributed by atoms with Crippen LogP contribution >= 0.6 is 0 Å². The quantitative estimate of drug-likeness (QED) is 0.824. The van der Waals surface area contributed by atoms with Crippen molar-refractivity contribution in [3.63, 3.8) is 0 Å². The molecule has 2 N–H and O–H groups in total. The number of nitrogens with two attached hydrogens (primary N) is 1. The van der Waals surface area contributed by atoms with Gasteiger partial charge in [0.1, 0.15) is 18.1 Å². The third-order valence-corrected chi connectivity index (χ3v) is 2.83. The van der Waals surface area contributed by atoms with Gasteiger partial charge in [0, 0.05) is 18.4 Å². The predicted octanol–water partition coefficient (Wildman–Crippen LogP) is 3.29. The van der Waals surface area contributed by atoms with Crippen LogP contribution in [0, 0.1) is 13.8 Å². The largest absolute Gasteiger partial charge is 0.459 e. The van der Waals surface area contributed by atoms with Gasteiger partial charge < -0.3 is 14.9 Å². The predicted molar refractivity (Wildman–Crippen MR) is 68.7 cm³/mol. The maximum absolute atomic E-state index is 5.93. The van der Waals surface area contributed by atoms with Crippen LogP contribution in [0.3, 0.4) is 0 Å². The minimum atomic E-state index is 0.486. The summed E-state index contributed by atoms with van der Waals surface area (Å²) < 4.78 is 10.7. The molecule has 90 valence electrons. The number of hydrogen-bond acceptors (Lipinski definition) is 3. The van der Waals surface area contributed by atoms with E-state index in [1.807, 2.05) is 25.1 Å². The molecule has 0 radical (unpaired) electrons. The molecule has 0 atom stereocenters. The zero-order valence-corrected chi connectivity index (χ0v) is 10.4. The molecule has 0 bridgehead atoms. The van der Waals surface area contributed by atoms with Gasteiger partial charge in [0.15, 0.2) is 0 Å². The lowest BCUT2D eigenvalue weighted by Gasteiger charge is -2.07. The number of anilines is 1. The Morgan fingerprint density at radius 3 is 2.65 bits per heavy atom. The third-order valence-electron chi connectivity index (χ3n) is 2.83. The van der Waals surface area contributed by atoms with Gasteiger partial charge in [0.2, 0.25) is 0 Å². The molecule has 0 aliphatic rings. The van der Waals surface area contributed by atoms with E-state index in [-0.39, 0.29) is 0 Å². The van der Waals surface area contributed by atoms with Crippen LogP contribution in [0.2, 0.25) is 0 Å². The first kappa shape index (κ1) is 11.7. The van der Waals surface area contributed by atoms with E-state index < -0.39 is 0 Å². The normalized spacial score (nSPS) is 10.8. The van der Waals surface area contributed by atoms with Crippen molar-refractivity contribution >= 4 is 5.69 Å². The Morgan fingerprint density at radius 1 is 1.18 bits per heavy atom. The second-order valence-corrected chi connectivity index (χ2v) is 4.22. The van der Waals surface area contributed by atoms with Crippen molar-refractivity contribution < 1.29 is 9.15 Å². The molecule has 17 heavy (non-hydrogen) atoms. The number of ether oxygens (including phenoxy) is 1. The standard InChI is InChI=1S/C14H17NO2/c1-9-6-10(2)13(15)7-12(9)14-5-4-11(17-14)8-16-3/h4-7H,8,15H2,1-3H3. The highest BCUT2D eigenvalue weighted by Crippen LogP contribution is 2.29. The molecule has 1 heterocycles. The summed E-state index contributed by atoms with van der Waals surface area (Å²) >= 11 is 0. The number of hydrogen-bond donors (Lipinski definition) is 1. The molecule has 2 rings (SSSR count). The molecule has 1 aromatic carbocycles. The van der Waals surface area contributed by atoms with E-state index in [9.17, 15) is 0 Å². The maximum atomic E-state index is 5.93. The van der Waals surface area contributed by atoms with E-state index >= 15 is 0 Å². The molecule has 0 unspecified atom stereocenters. The molecule has 0 fully saturated rings. The van der Waals surface area contributed by atoms with Crippen molar-refractivity contribution in [2.24, 2.45) is 0 Å². The Bertz CT molecular complexity index is 529. The first-order valence-corrected chi connectivity index (χ1v) is 5.56. The van der Waals surface area contributed by atoms with Crippen molar-refractivity contribution in [2.45, 2.75) is 20.5 Å². The van der Waals surface area contributed by atoms with Crippen LogP contribution in [0.5, 0.6) is 0 Å². The van der Waals surface area contributed by atoms with Crippen molar-refractivity contribution in [3.8, 4) is 11.3 Å². The van der Waals surface area contributed by atoms with Gasteiger partial charge in [0.25, 0.3) is 0 Å². The molecule has 2 aromatic rings. The fourth-order valence-electron chi connectivity index (χ4n) is 1.88. The molecule has 0 aliphatic heterocycles. The first-order valence-electron chi connectivity index (χ1n) is 5.56. The topological polar surface area (TPSA) is 48.4 Å². The SMILES string of the molecule is COCc1ccc(-c2cc(N)c(C)cc2C)o1. The van der Waals surface area contributed by atoms with Gasteiger partial charge in [-0.2, -0.15) is 0 Å². The van der Waals surface area contributed by atoms with E-state index in [1.165, 1.54) is 0 Å². The van der Waals surface area contributed by atoms with Crippen molar-refractivity contribution in [1.29, 1.82) is 0 Å². The second-order valence-electron chi connectivity index (χ2n) is 4.22. The van der Waals surface area contributed by atoms with Gasteiger partial charge in [-0.1, -0.05) is 6.07 Å². The smallest absolute Gasteiger partial charge is 0.134 e. The fourth-order valence-corrected chi connectivity index (χ4v) is 1.88. The third kappa shape index (κ3) is 2.34. The molecule has 0 saturated heterocycles. The van der Waals surface area contributed by atoms with Gasteiger partial charge >= 0.3 is 0 Å². The second kappa shape index (κ2) is 4.63. The van der Waals surface area contributed by atoms with Crippen LogP contribution in [0.1, 0.15) is 16.9 Å². The highest BCUT2D eigenvalue weighted by Gasteiger charge is 2.09. The molecule has 1 aromatic heterocycles. The Balaban J connectivity index is 2.41. The molecular weight excluding hydrogens is 214 g/mol. The summed E-state index contributed by atoms with van der Waals surface area (Å²) in [5.41, 5.74) is 10.0. The summed E-state index contributed by atoms with van der Waals surface area (Å²) in [4.78, 5) is 0. The van der Waals surface area contributed by atoms with Gasteiger partial charge in [-0.25, -0.2) is 0 Å². The average Bonchev–Trinajstić information content (AvgIpc) is 2.72. The monoisotopic (exact) mass is 231 g/mol. The number of furan rings is 1. The van der Waals surface area contributed by atoms with Crippen LogP contribution in [-0.4, -0.2) is 7.11 Å². The number of aryl methyl sites for hydroxylation is 2. The lowest BCUT2D eigenvalue weighted by molar-refractivity contribution is 0.165. The van der Waals surface area contributed by atoms with E-state index in [1.54, 1.807) is 7.11 Å². The fraction of sp³-hybridized carbons (Fsp3) is 0.286. The summed E-state index contributed by atoms with van der Waals surface area (Å²) in [7, 11) is 1.65. The molecule has 3 nitrogen and oxygen atoms in total. The number of rotatable bonds is 3. The molecule has 0 saturated carbocycles. The highest BCUT2D eigenvalue weighted by atomic mass is 16.5. The molecule has 0 amide bonds. The van der Waals surface area contributed by atoms with Crippen molar-refractivity contribution in [1.82, 2.24) is 0 Å². The first-order chi connectivity index (χ1) is 8.11. The number of benzene rings is 1. The molecular formula is C14H17NO2. The van der Waals surface area contributed by atoms with Crippen LogP contribution in [-0.2, 0) is 11.3 Å². The molecule has 3 heteroatoms. The Kier molecular flexibility index (Phi) is 3.20. The number of nitrogen functional groups attached to an aromatic ring is 1. The lowest BCUT2D eigenvalue weighted by Crippen LogP contribution is -1.92. The number of methoxy groups -OCH3 is 1. The summed E-state index contributed by atoms with van der Waals surface area (Å²) in [6.07, 6.45) is 0. The van der Waals surface area contributed by atoms with Crippen LogP contribution in [0.25, 0.3) is 11.3 Å². The minimum Gasteiger partial charge on any atom is -0.459 e. The Hall–Kier alpha value is -1.74. The van der Waals surface area contributed by atoms with E-state index in [4.69, 9.17) is 14.9 Å². The summed E-state index contributed by atoms with van der Waals surface area (Å²) in [6.45, 7) is 4.55. The van der Waals surface area contributed by atoms with Gasteiger partial charge in [-0.05, 0) is 43.2 Å². The Morgan fingerprint density at radius 2 is 1.94 bits per heavy atom. The van der Waals surface area contributed by atoms with Gasteiger partial charge in [-0.3, -0.25) is 0 Å². The minimum absolute atomic E-state index is 0.486. The summed E-state index contributed by atoms with van der Waals surface area (Å²) in [5.74, 6) is 1.65. The summed E-state index contributed by atoms with van der Waals surface area (Å²) in [5, 5.41) is 0. The van der Waals surface area contributed by atoms with Crippen LogP contribution < -0.4 is 5.73 Å². The van der Waals surface area contributed by atoms with E-state index in [0.29, 0.717) is 6.61 Å². The maximum Gasteiger partial charge on any atom is 0.134 e. The average molecular weight is 231 g/mol. The van der Waals surface area contributed by atoms with Gasteiger partial charge in [0.05, 0.1) is 0 Å². The zero-order chi connectivity index (χ0) is 12.4. The van der Waals surface area contributed by atoms with Crippen molar-refractivity contribution in [2.75, 3.05) is 12.8 Å². The van der Waals surface area contributed by atoms with E-state index in [0.717, 1.165) is 33.9 Å². The Labute approximate surface area is 101 Å². The zero-order valence-electron chi connectivity index (χ0n) is 10.4. The highest BCUT2D eigenvalue weighted by molar-refractivity contribution is 5.69. The van der Waals surface area contributed by atoms with E-state index in [2.05, 4.69) is 13.0 Å². The lowest BCUT2D eigenvalue weighted by atomic mass is 10.0. The molecule has 0 aliphatic carbocycles. The summed E-state index contributed by atoms with van der Waals surface area (Å²) in [6, 6.07) is 7.91. The molecule has 0 spiro atoms.